The predicted molar refractivity (Wildman–Crippen MR) is 115 cm³/mol. The van der Waals surface area contributed by atoms with Crippen LogP contribution in [0.2, 0.25) is 0 Å². The maximum absolute atomic E-state index is 13.2. The van der Waals surface area contributed by atoms with Gasteiger partial charge in [0.1, 0.15) is 5.75 Å². The molecule has 0 spiro atoms. The van der Waals surface area contributed by atoms with E-state index in [-0.39, 0.29) is 5.75 Å². The molecule has 158 valence electrons. The molecule has 6 nitrogen and oxygen atoms in total. The Morgan fingerprint density at radius 1 is 1.07 bits per heavy atom. The number of nitrogens with zero attached hydrogens (tertiary/aromatic N) is 5. The van der Waals surface area contributed by atoms with E-state index in [0.717, 1.165) is 12.0 Å². The van der Waals surface area contributed by atoms with Gasteiger partial charge >= 0.3 is 0 Å². The van der Waals surface area contributed by atoms with Crippen LogP contribution in [0.1, 0.15) is 39.5 Å². The number of phenolic OH excluding ortho intramolecular Hbond substituents is 1. The Labute approximate surface area is 176 Å². The summed E-state index contributed by atoms with van der Waals surface area (Å²) in [5, 5.41) is 23.2. The van der Waals surface area contributed by atoms with Crippen LogP contribution in [0.3, 0.4) is 0 Å². The standard InChI is InChI=1S/C23H28FN5O/c1-15-4-5-16(2)11-19(10-15)28(3)23-9-8-21(26-27-23)20-7-6-18(12-22(20)30)29-14-17(24)13-25-29/h6-9,12-16,19,30H,4-5,10-11H2,1-3H3/t15-,16+,19+. The highest BCUT2D eigenvalue weighted by Gasteiger charge is 2.25. The average molecular weight is 410 g/mol. The summed E-state index contributed by atoms with van der Waals surface area (Å²) in [5.74, 6) is 1.89. The van der Waals surface area contributed by atoms with Gasteiger partial charge in [0, 0.05) is 24.7 Å². The van der Waals surface area contributed by atoms with Gasteiger partial charge in [-0.1, -0.05) is 26.7 Å². The van der Waals surface area contributed by atoms with Crippen LogP contribution >= 0.6 is 0 Å². The van der Waals surface area contributed by atoms with Crippen molar-refractivity contribution >= 4 is 5.82 Å². The van der Waals surface area contributed by atoms with E-state index in [0.29, 0.717) is 34.8 Å². The van der Waals surface area contributed by atoms with Gasteiger partial charge in [-0.15, -0.1) is 10.2 Å². The molecule has 2 aromatic heterocycles. The SMILES string of the molecule is C[C@@H]1CC[C@H](C)C[C@@H](N(C)c2ccc(-c3ccc(-n4cc(F)cn4)cc3O)nn2)C1. The van der Waals surface area contributed by atoms with Crippen molar-refractivity contribution in [1.29, 1.82) is 0 Å². The number of phenols is 1. The lowest BCUT2D eigenvalue weighted by molar-refractivity contribution is 0.446. The van der Waals surface area contributed by atoms with Crippen molar-refractivity contribution in [2.24, 2.45) is 11.8 Å². The molecule has 1 N–H and O–H groups in total. The topological polar surface area (TPSA) is 67.1 Å². The minimum absolute atomic E-state index is 0.0465. The Hall–Kier alpha value is -2.96. The van der Waals surface area contributed by atoms with Crippen LogP contribution in [0.15, 0.2) is 42.7 Å². The highest BCUT2D eigenvalue weighted by atomic mass is 19.1. The largest absolute Gasteiger partial charge is 0.507 e. The van der Waals surface area contributed by atoms with Crippen LogP contribution in [0.4, 0.5) is 10.2 Å². The second-order valence-corrected chi connectivity index (χ2v) is 8.61. The Bertz CT molecular complexity index is 991. The van der Waals surface area contributed by atoms with Crippen molar-refractivity contribution in [2.75, 3.05) is 11.9 Å². The Kier molecular flexibility index (Phi) is 5.70. The fourth-order valence-corrected chi connectivity index (χ4v) is 4.31. The fourth-order valence-electron chi connectivity index (χ4n) is 4.31. The van der Waals surface area contributed by atoms with Gasteiger partial charge in [0.25, 0.3) is 0 Å². The number of halogens is 1. The van der Waals surface area contributed by atoms with Gasteiger partial charge in [0.2, 0.25) is 0 Å². The number of hydrogen-bond acceptors (Lipinski definition) is 5. The third kappa shape index (κ3) is 4.30. The zero-order valence-corrected chi connectivity index (χ0v) is 17.7. The quantitative estimate of drug-likeness (QED) is 0.626. The van der Waals surface area contributed by atoms with Crippen molar-refractivity contribution in [3.8, 4) is 22.7 Å². The smallest absolute Gasteiger partial charge is 0.161 e. The number of benzene rings is 1. The lowest BCUT2D eigenvalue weighted by Crippen LogP contribution is -2.34. The molecule has 1 fully saturated rings. The highest BCUT2D eigenvalue weighted by Crippen LogP contribution is 2.33. The van der Waals surface area contributed by atoms with Gasteiger partial charge in [-0.25, -0.2) is 9.07 Å². The summed E-state index contributed by atoms with van der Waals surface area (Å²) >= 11 is 0. The molecule has 0 bridgehead atoms. The van der Waals surface area contributed by atoms with Crippen molar-refractivity contribution in [2.45, 2.75) is 45.6 Å². The molecule has 0 aliphatic heterocycles. The van der Waals surface area contributed by atoms with Gasteiger partial charge in [-0.05, 0) is 48.9 Å². The van der Waals surface area contributed by atoms with Crippen LogP contribution < -0.4 is 4.90 Å². The van der Waals surface area contributed by atoms with E-state index in [2.05, 4.69) is 41.1 Å². The monoisotopic (exact) mass is 409 g/mol. The summed E-state index contributed by atoms with van der Waals surface area (Å²) in [4.78, 5) is 2.24. The maximum Gasteiger partial charge on any atom is 0.161 e. The first-order valence-corrected chi connectivity index (χ1v) is 10.5. The van der Waals surface area contributed by atoms with Crippen molar-refractivity contribution < 1.29 is 9.50 Å². The molecule has 4 rings (SSSR count). The Morgan fingerprint density at radius 2 is 1.80 bits per heavy atom. The Morgan fingerprint density at radius 3 is 2.37 bits per heavy atom. The van der Waals surface area contributed by atoms with Gasteiger partial charge in [0.05, 0.1) is 23.8 Å². The van der Waals surface area contributed by atoms with Crippen LogP contribution in [0.25, 0.3) is 16.9 Å². The minimum Gasteiger partial charge on any atom is -0.507 e. The van der Waals surface area contributed by atoms with Gasteiger partial charge < -0.3 is 10.0 Å². The molecule has 0 unspecified atom stereocenters. The van der Waals surface area contributed by atoms with Crippen molar-refractivity contribution in [3.63, 3.8) is 0 Å². The first kappa shape index (κ1) is 20.3. The highest BCUT2D eigenvalue weighted by molar-refractivity contribution is 5.69. The molecule has 0 saturated heterocycles. The predicted octanol–water partition coefficient (Wildman–Crippen LogP) is 4.83. The zero-order valence-electron chi connectivity index (χ0n) is 17.7. The second kappa shape index (κ2) is 8.42. The van der Waals surface area contributed by atoms with E-state index >= 15 is 0 Å². The fraction of sp³-hybridized carbons (Fsp3) is 0.435. The number of aromatic hydroxyl groups is 1. The molecule has 7 heteroatoms. The average Bonchev–Trinajstić information content (AvgIpc) is 3.10. The van der Waals surface area contributed by atoms with Crippen molar-refractivity contribution in [3.05, 3.63) is 48.5 Å². The molecular weight excluding hydrogens is 381 g/mol. The number of rotatable bonds is 4. The third-order valence-electron chi connectivity index (χ3n) is 6.13. The summed E-state index contributed by atoms with van der Waals surface area (Å²) in [6.45, 7) is 4.66. The van der Waals surface area contributed by atoms with Crippen molar-refractivity contribution in [1.82, 2.24) is 20.0 Å². The number of aromatic nitrogens is 4. The first-order chi connectivity index (χ1) is 14.4. The van der Waals surface area contributed by atoms with E-state index < -0.39 is 5.82 Å². The lowest BCUT2D eigenvalue weighted by atomic mass is 9.98. The van der Waals surface area contributed by atoms with Crippen LogP contribution in [0.5, 0.6) is 5.75 Å². The number of hydrogen-bond donors (Lipinski definition) is 1. The first-order valence-electron chi connectivity index (χ1n) is 10.5. The molecular formula is C23H28FN5O. The number of anilines is 1. The summed E-state index contributed by atoms with van der Waals surface area (Å²) < 4.78 is 14.6. The van der Waals surface area contributed by atoms with E-state index in [4.69, 9.17) is 0 Å². The van der Waals surface area contributed by atoms with E-state index in [1.807, 2.05) is 12.1 Å². The molecule has 0 amide bonds. The van der Waals surface area contributed by atoms with E-state index in [9.17, 15) is 9.50 Å². The van der Waals surface area contributed by atoms with Crippen LogP contribution in [0, 0.1) is 17.7 Å². The van der Waals surface area contributed by atoms with Crippen LogP contribution in [-0.2, 0) is 0 Å². The third-order valence-corrected chi connectivity index (χ3v) is 6.13. The molecule has 1 saturated carbocycles. The molecule has 1 aliphatic rings. The summed E-state index contributed by atoms with van der Waals surface area (Å²) in [6.07, 6.45) is 7.30. The molecule has 3 atom stereocenters. The second-order valence-electron chi connectivity index (χ2n) is 8.61. The molecule has 1 aliphatic carbocycles. The zero-order chi connectivity index (χ0) is 21.3. The summed E-state index contributed by atoms with van der Waals surface area (Å²) in [5.41, 5.74) is 1.73. The lowest BCUT2D eigenvalue weighted by Gasteiger charge is -2.30. The maximum atomic E-state index is 13.2. The van der Waals surface area contributed by atoms with E-state index in [1.54, 1.807) is 12.1 Å². The van der Waals surface area contributed by atoms with Crippen LogP contribution in [-0.4, -0.2) is 38.2 Å². The summed E-state index contributed by atoms with van der Waals surface area (Å²) in [6, 6.07) is 9.34. The normalized spacial score (nSPS) is 21.9. The molecule has 30 heavy (non-hydrogen) atoms. The van der Waals surface area contributed by atoms with Gasteiger partial charge in [-0.3, -0.25) is 0 Å². The molecule has 3 aromatic rings. The van der Waals surface area contributed by atoms with E-state index in [1.165, 1.54) is 42.6 Å². The molecule has 0 radical (unpaired) electrons. The van der Waals surface area contributed by atoms with Gasteiger partial charge in [0.15, 0.2) is 11.6 Å². The minimum atomic E-state index is -0.429. The molecule has 2 heterocycles. The summed E-state index contributed by atoms with van der Waals surface area (Å²) in [7, 11) is 2.09. The van der Waals surface area contributed by atoms with Gasteiger partial charge in [-0.2, -0.15) is 5.10 Å². The Balaban J connectivity index is 1.53. The molecule has 1 aromatic carbocycles.